The molecular formula is C11H16NO2+. The van der Waals surface area contributed by atoms with Gasteiger partial charge in [-0.1, -0.05) is 0 Å². The molecule has 0 aromatic heterocycles. The van der Waals surface area contributed by atoms with E-state index in [0.717, 1.165) is 10.0 Å². The van der Waals surface area contributed by atoms with Gasteiger partial charge in [-0.15, -0.1) is 0 Å². The Labute approximate surface area is 84.5 Å². The van der Waals surface area contributed by atoms with E-state index in [1.54, 1.807) is 0 Å². The van der Waals surface area contributed by atoms with E-state index in [4.69, 9.17) is 0 Å². The summed E-state index contributed by atoms with van der Waals surface area (Å²) in [6.07, 6.45) is 0. The lowest BCUT2D eigenvalue weighted by molar-refractivity contribution is -0.129. The van der Waals surface area contributed by atoms with Crippen molar-refractivity contribution in [2.45, 2.75) is 6.61 Å². The molecule has 3 heteroatoms. The van der Waals surface area contributed by atoms with Gasteiger partial charge in [0.25, 0.3) is 6.47 Å². The Morgan fingerprint density at radius 1 is 1.21 bits per heavy atom. The largest absolute Gasteiger partial charge is 0.463 e. The summed E-state index contributed by atoms with van der Waals surface area (Å²) in [6.45, 7) is 0.814. The third kappa shape index (κ3) is 2.85. The average Bonchev–Trinajstić information content (AvgIpc) is 2.14. The van der Waals surface area contributed by atoms with Crippen molar-refractivity contribution in [1.82, 2.24) is 4.48 Å². The van der Waals surface area contributed by atoms with Crippen molar-refractivity contribution in [2.24, 2.45) is 0 Å². The van der Waals surface area contributed by atoms with Crippen LogP contribution < -0.4 is 4.48 Å². The van der Waals surface area contributed by atoms with Crippen molar-refractivity contribution in [3.63, 3.8) is 0 Å². The maximum atomic E-state index is 9.98. The minimum absolute atomic E-state index is 0.348. The molecule has 0 amide bonds. The molecule has 1 rings (SSSR count). The molecule has 0 aliphatic carbocycles. The molecule has 0 radical (unpaired) electrons. The number of ether oxygens (including phenoxy) is 1. The fraction of sp³-hybridized carbons (Fsp3) is 0.364. The third-order valence-corrected chi connectivity index (χ3v) is 2.03. The van der Waals surface area contributed by atoms with Gasteiger partial charge in [0.1, 0.15) is 12.3 Å². The molecule has 0 saturated carbocycles. The van der Waals surface area contributed by atoms with Gasteiger partial charge in [-0.3, -0.25) is 9.28 Å². The molecule has 0 spiro atoms. The van der Waals surface area contributed by atoms with Gasteiger partial charge in [0, 0.05) is 0 Å². The molecule has 0 aliphatic rings. The monoisotopic (exact) mass is 194 g/mol. The summed E-state index contributed by atoms with van der Waals surface area (Å²) in [5.74, 6) is 0. The smallest absolute Gasteiger partial charge is 0.293 e. The highest BCUT2D eigenvalue weighted by molar-refractivity contribution is 5.43. The zero-order valence-electron chi connectivity index (χ0n) is 8.86. The van der Waals surface area contributed by atoms with E-state index >= 15 is 0 Å². The number of carbonyl (C=O) groups is 1. The number of nitrogens with zero attached hydrogens (tertiary/aromatic N) is 1. The third-order valence-electron chi connectivity index (χ3n) is 2.03. The Kier molecular flexibility index (Phi) is 3.25. The van der Waals surface area contributed by atoms with Crippen LogP contribution in [0.2, 0.25) is 0 Å². The molecule has 0 fully saturated rings. The summed E-state index contributed by atoms with van der Waals surface area (Å²) in [5.41, 5.74) is 2.23. The van der Waals surface area contributed by atoms with Gasteiger partial charge < -0.3 is 4.74 Å². The number of hydrogen-bond donors (Lipinski definition) is 0. The Bertz CT molecular complexity index is 298. The molecule has 0 aliphatic heterocycles. The first kappa shape index (κ1) is 10.7. The fourth-order valence-electron chi connectivity index (χ4n) is 1.17. The summed E-state index contributed by atoms with van der Waals surface area (Å²) in [4.78, 5) is 9.98. The molecule has 76 valence electrons. The van der Waals surface area contributed by atoms with Crippen LogP contribution in [0.1, 0.15) is 5.56 Å². The summed E-state index contributed by atoms with van der Waals surface area (Å²) >= 11 is 0. The maximum absolute atomic E-state index is 9.98. The number of carbonyl (C=O) groups excluding carboxylic acids is 1. The molecule has 0 saturated heterocycles. The molecule has 0 unspecified atom stereocenters. The topological polar surface area (TPSA) is 26.3 Å². The second-order valence-electron chi connectivity index (χ2n) is 4.09. The molecule has 0 N–H and O–H groups in total. The number of benzene rings is 1. The second-order valence-corrected chi connectivity index (χ2v) is 4.09. The highest BCUT2D eigenvalue weighted by Gasteiger charge is 2.10. The highest BCUT2D eigenvalue weighted by Crippen LogP contribution is 2.17. The summed E-state index contributed by atoms with van der Waals surface area (Å²) in [5, 5.41) is 0. The van der Waals surface area contributed by atoms with Gasteiger partial charge in [-0.05, 0) is 29.8 Å². The fourth-order valence-corrected chi connectivity index (χ4v) is 1.17. The van der Waals surface area contributed by atoms with E-state index in [1.807, 2.05) is 24.3 Å². The standard InChI is InChI=1S/C11H16NO2/c1-12(2,3)11-6-4-10(5-7-11)8-14-9-13/h4-7,9H,8H2,1-3H3/q+1. The molecule has 0 bridgehead atoms. The van der Waals surface area contributed by atoms with Crippen LogP contribution in [0.5, 0.6) is 0 Å². The molecule has 1 aromatic rings. The minimum atomic E-state index is 0.348. The van der Waals surface area contributed by atoms with E-state index in [1.165, 1.54) is 5.69 Å². The highest BCUT2D eigenvalue weighted by atomic mass is 16.5. The lowest BCUT2D eigenvalue weighted by Gasteiger charge is -2.23. The SMILES string of the molecule is C[N+](C)(C)c1ccc(COC=O)cc1. The van der Waals surface area contributed by atoms with Crippen LogP contribution in [-0.2, 0) is 16.1 Å². The number of quaternary nitrogens is 1. The van der Waals surface area contributed by atoms with Crippen molar-refractivity contribution in [3.05, 3.63) is 29.8 Å². The van der Waals surface area contributed by atoms with Crippen molar-refractivity contribution in [2.75, 3.05) is 21.1 Å². The average molecular weight is 194 g/mol. The normalized spacial score (nSPS) is 11.1. The maximum Gasteiger partial charge on any atom is 0.293 e. The van der Waals surface area contributed by atoms with Gasteiger partial charge in [-0.25, -0.2) is 0 Å². The molecule has 14 heavy (non-hydrogen) atoms. The Hall–Kier alpha value is -1.35. The van der Waals surface area contributed by atoms with Gasteiger partial charge in [-0.2, -0.15) is 0 Å². The van der Waals surface area contributed by atoms with Crippen LogP contribution in [-0.4, -0.2) is 27.6 Å². The summed E-state index contributed by atoms with van der Waals surface area (Å²) in [6, 6.07) is 8.04. The Morgan fingerprint density at radius 3 is 2.21 bits per heavy atom. The van der Waals surface area contributed by atoms with Crippen LogP contribution in [0.15, 0.2) is 24.3 Å². The van der Waals surface area contributed by atoms with Crippen LogP contribution in [0.25, 0.3) is 0 Å². The molecule has 0 heterocycles. The molecule has 1 aromatic carbocycles. The van der Waals surface area contributed by atoms with E-state index in [2.05, 4.69) is 25.9 Å². The summed E-state index contributed by atoms with van der Waals surface area (Å²) in [7, 11) is 6.32. The van der Waals surface area contributed by atoms with Gasteiger partial charge in [0.2, 0.25) is 0 Å². The number of rotatable bonds is 4. The van der Waals surface area contributed by atoms with Crippen molar-refractivity contribution >= 4 is 12.2 Å². The van der Waals surface area contributed by atoms with Crippen molar-refractivity contribution in [1.29, 1.82) is 0 Å². The van der Waals surface area contributed by atoms with Crippen LogP contribution in [0.4, 0.5) is 5.69 Å². The van der Waals surface area contributed by atoms with Crippen LogP contribution in [0.3, 0.4) is 0 Å². The molecule has 3 nitrogen and oxygen atoms in total. The van der Waals surface area contributed by atoms with Gasteiger partial charge in [0.05, 0.1) is 21.1 Å². The lowest BCUT2D eigenvalue weighted by Crippen LogP contribution is -2.34. The van der Waals surface area contributed by atoms with Crippen LogP contribution >= 0.6 is 0 Å². The van der Waals surface area contributed by atoms with E-state index < -0.39 is 0 Å². The zero-order chi connectivity index (χ0) is 10.6. The van der Waals surface area contributed by atoms with E-state index in [9.17, 15) is 4.79 Å². The summed E-state index contributed by atoms with van der Waals surface area (Å²) < 4.78 is 5.45. The van der Waals surface area contributed by atoms with Crippen LogP contribution in [0, 0.1) is 0 Å². The van der Waals surface area contributed by atoms with Crippen molar-refractivity contribution < 1.29 is 9.53 Å². The zero-order valence-corrected chi connectivity index (χ0v) is 8.86. The lowest BCUT2D eigenvalue weighted by atomic mass is 10.2. The first-order valence-electron chi connectivity index (χ1n) is 4.50. The predicted molar refractivity (Wildman–Crippen MR) is 56.9 cm³/mol. The van der Waals surface area contributed by atoms with Gasteiger partial charge in [0.15, 0.2) is 0 Å². The molecule has 0 atom stereocenters. The predicted octanol–water partition coefficient (Wildman–Crippen LogP) is 1.56. The quantitative estimate of drug-likeness (QED) is 0.537. The Morgan fingerprint density at radius 2 is 1.79 bits per heavy atom. The Balaban J connectivity index is 2.73. The van der Waals surface area contributed by atoms with E-state index in [-0.39, 0.29) is 0 Å². The van der Waals surface area contributed by atoms with E-state index in [0.29, 0.717) is 13.1 Å². The first-order chi connectivity index (χ1) is 6.54. The van der Waals surface area contributed by atoms with Gasteiger partial charge >= 0.3 is 0 Å². The second kappa shape index (κ2) is 4.24. The first-order valence-corrected chi connectivity index (χ1v) is 4.50. The number of hydrogen-bond acceptors (Lipinski definition) is 2. The molecular weight excluding hydrogens is 178 g/mol. The minimum Gasteiger partial charge on any atom is -0.463 e. The van der Waals surface area contributed by atoms with Crippen molar-refractivity contribution in [3.8, 4) is 0 Å².